The van der Waals surface area contributed by atoms with Crippen LogP contribution >= 0.6 is 0 Å². The molecule has 2 atom stereocenters. The summed E-state index contributed by atoms with van der Waals surface area (Å²) in [5, 5.41) is 3.43. The highest BCUT2D eigenvalue weighted by molar-refractivity contribution is 5.81. The van der Waals surface area contributed by atoms with Gasteiger partial charge in [-0.3, -0.25) is 4.79 Å². The first kappa shape index (κ1) is 43.3. The summed E-state index contributed by atoms with van der Waals surface area (Å²) in [5.41, 5.74) is 6.95. The Labute approximate surface area is 313 Å². The van der Waals surface area contributed by atoms with Crippen molar-refractivity contribution in [3.05, 3.63) is 48.3 Å². The quantitative estimate of drug-likeness (QED) is 0.0383. The van der Waals surface area contributed by atoms with Crippen LogP contribution in [0.1, 0.15) is 154 Å². The van der Waals surface area contributed by atoms with Gasteiger partial charge in [0, 0.05) is 20.2 Å². The number of rotatable bonds is 31. The van der Waals surface area contributed by atoms with E-state index >= 15 is 0 Å². The van der Waals surface area contributed by atoms with Crippen LogP contribution in [0, 0.1) is 6.08 Å². The lowest BCUT2D eigenvalue weighted by Gasteiger charge is -2.30. The maximum absolute atomic E-state index is 13.8. The molecule has 0 amide bonds. The minimum Gasteiger partial charge on any atom is -0.465 e. The molecule has 0 radical (unpaired) electrons. The first-order chi connectivity index (χ1) is 25.3. The Bertz CT molecular complexity index is 1370. The van der Waals surface area contributed by atoms with Crippen molar-refractivity contribution < 1.29 is 18.7 Å². The molecule has 0 fully saturated rings. The second kappa shape index (κ2) is 25.8. The van der Waals surface area contributed by atoms with Crippen molar-refractivity contribution in [2.75, 3.05) is 26.0 Å². The SMILES string of the molecule is CCCCCCCCCCCCCCCCCCCCCCOC(=O)[C@H](Cc1ccccc1)NC[C@](C)(CCn1cnc2c(N)nc(F)nc21)OC. The monoisotopic (exact) mass is 725 g/mol. The van der Waals surface area contributed by atoms with E-state index in [-0.39, 0.29) is 11.8 Å². The van der Waals surface area contributed by atoms with Gasteiger partial charge in [-0.15, -0.1) is 0 Å². The van der Waals surface area contributed by atoms with Crippen molar-refractivity contribution >= 4 is 23.0 Å². The third-order valence-electron chi connectivity index (χ3n) is 10.4. The third-order valence-corrected chi connectivity index (χ3v) is 10.4. The van der Waals surface area contributed by atoms with Crippen LogP contribution in [0.15, 0.2) is 36.7 Å². The number of carbonyl (C=O) groups excluding carboxylic acids is 1. The van der Waals surface area contributed by atoms with E-state index in [0.717, 1.165) is 18.4 Å². The minimum atomic E-state index is -0.888. The number of fused-ring (bicyclic) bond motifs is 1. The molecular weight excluding hydrogens is 655 g/mol. The van der Waals surface area contributed by atoms with Gasteiger partial charge in [-0.1, -0.05) is 159 Å². The number of anilines is 1. The highest BCUT2D eigenvalue weighted by Gasteiger charge is 2.28. The molecule has 3 rings (SSSR count). The highest BCUT2D eigenvalue weighted by atomic mass is 19.1. The summed E-state index contributed by atoms with van der Waals surface area (Å²) in [6, 6.07) is 9.45. The largest absolute Gasteiger partial charge is 0.465 e. The Kier molecular flexibility index (Phi) is 21.5. The van der Waals surface area contributed by atoms with E-state index in [9.17, 15) is 9.18 Å². The molecule has 0 aliphatic rings. The molecule has 10 heteroatoms. The fourth-order valence-electron chi connectivity index (χ4n) is 6.78. The molecule has 292 valence electrons. The van der Waals surface area contributed by atoms with Gasteiger partial charge in [-0.05, 0) is 31.7 Å². The van der Waals surface area contributed by atoms with Crippen LogP contribution in [0.5, 0.6) is 0 Å². The minimum absolute atomic E-state index is 0.00934. The number of hydrogen-bond donors (Lipinski definition) is 2. The topological polar surface area (TPSA) is 117 Å². The molecule has 0 unspecified atom stereocenters. The molecule has 2 heterocycles. The molecule has 0 aliphatic carbocycles. The summed E-state index contributed by atoms with van der Waals surface area (Å²) in [4.78, 5) is 25.0. The van der Waals surface area contributed by atoms with Crippen LogP contribution in [0.4, 0.5) is 10.2 Å². The van der Waals surface area contributed by atoms with Crippen LogP contribution in [-0.4, -0.2) is 57.4 Å². The highest BCUT2D eigenvalue weighted by Crippen LogP contribution is 2.21. The summed E-state index contributed by atoms with van der Waals surface area (Å²) in [6.07, 6.45) is 28.5. The second-order valence-corrected chi connectivity index (χ2v) is 14.9. The second-order valence-electron chi connectivity index (χ2n) is 14.9. The number of nitrogens with one attached hydrogen (secondary N) is 1. The van der Waals surface area contributed by atoms with Gasteiger partial charge in [0.1, 0.15) is 11.6 Å². The van der Waals surface area contributed by atoms with E-state index in [2.05, 4.69) is 27.2 Å². The summed E-state index contributed by atoms with van der Waals surface area (Å²) in [6.45, 7) is 5.57. The van der Waals surface area contributed by atoms with Crippen molar-refractivity contribution in [1.82, 2.24) is 24.8 Å². The lowest BCUT2D eigenvalue weighted by atomic mass is 10.00. The molecule has 3 aromatic rings. The number of methoxy groups -OCH3 is 1. The van der Waals surface area contributed by atoms with Gasteiger partial charge in [-0.2, -0.15) is 14.4 Å². The predicted molar refractivity (Wildman–Crippen MR) is 211 cm³/mol. The first-order valence-corrected chi connectivity index (χ1v) is 20.5. The van der Waals surface area contributed by atoms with Crippen LogP contribution in [0.25, 0.3) is 11.2 Å². The number of nitrogens with two attached hydrogens (primary N) is 1. The Morgan fingerprint density at radius 1 is 0.846 bits per heavy atom. The lowest BCUT2D eigenvalue weighted by molar-refractivity contribution is -0.146. The molecule has 0 bridgehead atoms. The van der Waals surface area contributed by atoms with Crippen LogP contribution in [0.3, 0.4) is 0 Å². The van der Waals surface area contributed by atoms with Gasteiger partial charge >= 0.3 is 12.0 Å². The number of unbranched alkanes of at least 4 members (excludes halogenated alkanes) is 19. The van der Waals surface area contributed by atoms with E-state index in [1.54, 1.807) is 18.0 Å². The summed E-state index contributed by atoms with van der Waals surface area (Å²) < 4.78 is 27.3. The number of benzene rings is 1. The Balaban J connectivity index is 1.27. The molecule has 1 aromatic carbocycles. The third kappa shape index (κ3) is 17.1. The fourth-order valence-corrected chi connectivity index (χ4v) is 6.78. The van der Waals surface area contributed by atoms with Gasteiger partial charge in [0.2, 0.25) is 0 Å². The van der Waals surface area contributed by atoms with Crippen molar-refractivity contribution in [3.63, 3.8) is 0 Å². The van der Waals surface area contributed by atoms with Crippen molar-refractivity contribution in [1.29, 1.82) is 0 Å². The Morgan fingerprint density at radius 2 is 1.38 bits per heavy atom. The zero-order valence-electron chi connectivity index (χ0n) is 32.7. The van der Waals surface area contributed by atoms with E-state index in [0.29, 0.717) is 43.7 Å². The zero-order valence-corrected chi connectivity index (χ0v) is 32.7. The number of aryl methyl sites for hydroxylation is 1. The molecule has 0 saturated heterocycles. The van der Waals surface area contributed by atoms with Gasteiger partial charge in [0.05, 0.1) is 18.5 Å². The van der Waals surface area contributed by atoms with Gasteiger partial charge in [0.25, 0.3) is 0 Å². The molecular formula is C42H69FN6O3. The molecule has 52 heavy (non-hydrogen) atoms. The maximum Gasteiger partial charge on any atom is 0.323 e. The van der Waals surface area contributed by atoms with Crippen molar-refractivity contribution in [3.8, 4) is 0 Å². The number of carbonyl (C=O) groups is 1. The summed E-state index contributed by atoms with van der Waals surface area (Å²) >= 11 is 0. The number of esters is 1. The van der Waals surface area contributed by atoms with Crippen LogP contribution in [0.2, 0.25) is 0 Å². The average Bonchev–Trinajstić information content (AvgIpc) is 3.56. The maximum atomic E-state index is 13.8. The van der Waals surface area contributed by atoms with E-state index in [1.807, 2.05) is 37.3 Å². The predicted octanol–water partition coefficient (Wildman–Crippen LogP) is 9.91. The van der Waals surface area contributed by atoms with E-state index in [1.165, 1.54) is 116 Å². The van der Waals surface area contributed by atoms with E-state index < -0.39 is 17.7 Å². The molecule has 0 aliphatic heterocycles. The molecule has 9 nitrogen and oxygen atoms in total. The number of ether oxygens (including phenoxy) is 2. The van der Waals surface area contributed by atoms with Crippen molar-refractivity contribution in [2.24, 2.45) is 0 Å². The van der Waals surface area contributed by atoms with Crippen molar-refractivity contribution in [2.45, 2.75) is 173 Å². The van der Waals surface area contributed by atoms with E-state index in [4.69, 9.17) is 15.2 Å². The van der Waals surface area contributed by atoms with Gasteiger partial charge in [-0.25, -0.2) is 4.98 Å². The number of hydrogen-bond acceptors (Lipinski definition) is 8. The van der Waals surface area contributed by atoms with Gasteiger partial charge < -0.3 is 25.1 Å². The zero-order chi connectivity index (χ0) is 37.3. The fraction of sp³-hybridized carbons (Fsp3) is 0.714. The number of imidazole rings is 1. The number of nitrogens with zero attached hydrogens (tertiary/aromatic N) is 4. The molecule has 2 aromatic heterocycles. The first-order valence-electron chi connectivity index (χ1n) is 20.5. The lowest BCUT2D eigenvalue weighted by Crippen LogP contribution is -2.48. The summed E-state index contributed by atoms with van der Waals surface area (Å²) in [7, 11) is 1.65. The number of halogens is 1. The standard InChI is InChI=1S/C42H69FN6O3/c1-4-5-6-7-8-9-10-11-12-13-14-15-16-17-18-19-20-21-22-26-31-52-40(50)36(32-35-27-24-23-25-28-35)45-33-42(2,51-3)29-30-49-34-46-37-38(44)47-41(43)48-39(37)49/h23-25,27-28,34,36,45H,4-22,26,29-33H2,1-3H3,(H2,44,47,48)/t36-,42-/m0/s1. The van der Waals surface area contributed by atoms with Crippen LogP contribution in [-0.2, 0) is 27.2 Å². The molecule has 0 saturated carbocycles. The molecule has 3 N–H and O–H groups in total. The average molecular weight is 725 g/mol. The van der Waals surface area contributed by atoms with Crippen LogP contribution < -0.4 is 11.1 Å². The number of aromatic nitrogens is 4. The van der Waals surface area contributed by atoms with Gasteiger partial charge in [0.15, 0.2) is 11.5 Å². The number of nitrogen functional groups attached to an aromatic ring is 1. The normalized spacial score (nSPS) is 13.4. The smallest absolute Gasteiger partial charge is 0.323 e. The Hall–Kier alpha value is -3.11. The summed E-state index contributed by atoms with van der Waals surface area (Å²) in [5.74, 6) is -0.238. The Morgan fingerprint density at radius 3 is 1.92 bits per heavy atom. The molecule has 0 spiro atoms.